The molecule has 3 nitrogen and oxygen atoms in total. The van der Waals surface area contributed by atoms with Crippen LogP contribution in [0, 0.1) is 17.8 Å². The predicted molar refractivity (Wildman–Crippen MR) is 75.7 cm³/mol. The first-order valence-corrected chi connectivity index (χ1v) is 7.77. The molecule has 0 radical (unpaired) electrons. The molecule has 2 saturated heterocycles. The fourth-order valence-electron chi connectivity index (χ4n) is 4.65. The molecule has 3 heteroatoms. The minimum Gasteiger partial charge on any atom is -0.312 e. The van der Waals surface area contributed by atoms with Crippen molar-refractivity contribution >= 4 is 0 Å². The Labute approximate surface area is 112 Å². The summed E-state index contributed by atoms with van der Waals surface area (Å²) in [7, 11) is 4.46. The van der Waals surface area contributed by atoms with Crippen LogP contribution < -0.4 is 5.32 Å². The second-order valence-corrected chi connectivity index (χ2v) is 7.10. The number of hydrogen-bond donors (Lipinski definition) is 1. The van der Waals surface area contributed by atoms with Crippen molar-refractivity contribution in [3.63, 3.8) is 0 Å². The lowest BCUT2D eigenvalue weighted by Gasteiger charge is -2.26. The van der Waals surface area contributed by atoms with E-state index in [1.807, 2.05) is 0 Å². The Morgan fingerprint density at radius 2 is 2.06 bits per heavy atom. The Bertz CT molecular complexity index is 291. The number of likely N-dealkylation sites (N-methyl/N-ethyl adjacent to an activating group) is 1. The molecule has 3 aliphatic rings. The fourth-order valence-corrected chi connectivity index (χ4v) is 4.65. The molecule has 3 fully saturated rings. The second-order valence-electron chi connectivity index (χ2n) is 7.10. The highest BCUT2D eigenvalue weighted by atomic mass is 15.3. The largest absolute Gasteiger partial charge is 0.312 e. The van der Waals surface area contributed by atoms with Gasteiger partial charge in [0.05, 0.1) is 0 Å². The summed E-state index contributed by atoms with van der Waals surface area (Å²) in [6.07, 6.45) is 4.43. The van der Waals surface area contributed by atoms with Crippen LogP contribution in [0.3, 0.4) is 0 Å². The highest BCUT2D eigenvalue weighted by molar-refractivity contribution is 4.97. The third-order valence-electron chi connectivity index (χ3n) is 5.64. The van der Waals surface area contributed by atoms with E-state index in [9.17, 15) is 0 Å². The van der Waals surface area contributed by atoms with Gasteiger partial charge in [-0.3, -0.25) is 4.90 Å². The highest BCUT2D eigenvalue weighted by Gasteiger charge is 2.41. The summed E-state index contributed by atoms with van der Waals surface area (Å²) in [5, 5.41) is 3.79. The van der Waals surface area contributed by atoms with E-state index in [0.717, 1.165) is 29.8 Å². The minimum absolute atomic E-state index is 0.755. The number of nitrogens with one attached hydrogen (secondary N) is 1. The van der Waals surface area contributed by atoms with Gasteiger partial charge >= 0.3 is 0 Å². The molecule has 0 aromatic carbocycles. The van der Waals surface area contributed by atoms with Crippen LogP contribution in [0.5, 0.6) is 0 Å². The van der Waals surface area contributed by atoms with Crippen LogP contribution in [0.4, 0.5) is 0 Å². The standard InChI is InChI=1S/C15H29N3/c1-11-8-18(10-15(11)17(2)3)9-14-13-6-4-5-12(13)7-16-14/h11-16H,4-10H2,1-3H3. The Morgan fingerprint density at radius 1 is 1.22 bits per heavy atom. The zero-order valence-corrected chi connectivity index (χ0v) is 12.2. The number of nitrogens with zero attached hydrogens (tertiary/aromatic N) is 2. The van der Waals surface area contributed by atoms with Gasteiger partial charge in [-0.15, -0.1) is 0 Å². The van der Waals surface area contributed by atoms with E-state index in [4.69, 9.17) is 0 Å². The minimum atomic E-state index is 0.755. The van der Waals surface area contributed by atoms with Crippen molar-refractivity contribution in [2.75, 3.05) is 40.3 Å². The van der Waals surface area contributed by atoms with Crippen LogP contribution in [-0.2, 0) is 0 Å². The van der Waals surface area contributed by atoms with Crippen molar-refractivity contribution in [1.82, 2.24) is 15.1 Å². The van der Waals surface area contributed by atoms with E-state index in [-0.39, 0.29) is 0 Å². The van der Waals surface area contributed by atoms with Gasteiger partial charge in [-0.2, -0.15) is 0 Å². The monoisotopic (exact) mass is 251 g/mol. The summed E-state index contributed by atoms with van der Waals surface area (Å²) in [4.78, 5) is 5.11. The van der Waals surface area contributed by atoms with Crippen molar-refractivity contribution in [3.8, 4) is 0 Å². The molecule has 3 rings (SSSR count). The normalized spacial score (nSPS) is 45.0. The molecule has 1 aliphatic carbocycles. The summed E-state index contributed by atoms with van der Waals surface area (Å²) in [6, 6.07) is 1.54. The quantitative estimate of drug-likeness (QED) is 0.814. The van der Waals surface area contributed by atoms with Gasteiger partial charge < -0.3 is 10.2 Å². The molecule has 0 spiro atoms. The molecule has 1 N–H and O–H groups in total. The predicted octanol–water partition coefficient (Wildman–Crippen LogP) is 1.26. The Balaban J connectivity index is 1.55. The Kier molecular flexibility index (Phi) is 3.65. The van der Waals surface area contributed by atoms with Gasteiger partial charge in [-0.1, -0.05) is 13.3 Å². The molecule has 18 heavy (non-hydrogen) atoms. The maximum absolute atomic E-state index is 3.79. The summed E-state index contributed by atoms with van der Waals surface area (Å²) in [5.74, 6) is 2.80. The zero-order valence-electron chi connectivity index (χ0n) is 12.2. The van der Waals surface area contributed by atoms with Crippen LogP contribution in [-0.4, -0.2) is 62.2 Å². The number of hydrogen-bond acceptors (Lipinski definition) is 3. The van der Waals surface area contributed by atoms with Crippen LogP contribution in [0.15, 0.2) is 0 Å². The summed E-state index contributed by atoms with van der Waals surface area (Å²) < 4.78 is 0. The van der Waals surface area contributed by atoms with E-state index in [2.05, 4.69) is 36.1 Å². The second kappa shape index (κ2) is 5.10. The molecule has 0 aromatic heterocycles. The lowest BCUT2D eigenvalue weighted by Crippen LogP contribution is -2.41. The fraction of sp³-hybridized carbons (Fsp3) is 1.00. The molecule has 5 unspecified atom stereocenters. The first kappa shape index (κ1) is 12.9. The van der Waals surface area contributed by atoms with Crippen LogP contribution in [0.2, 0.25) is 0 Å². The molecular weight excluding hydrogens is 222 g/mol. The van der Waals surface area contributed by atoms with Crippen molar-refractivity contribution in [3.05, 3.63) is 0 Å². The van der Waals surface area contributed by atoms with Crippen molar-refractivity contribution in [2.45, 2.75) is 38.3 Å². The third-order valence-corrected chi connectivity index (χ3v) is 5.64. The van der Waals surface area contributed by atoms with Crippen LogP contribution in [0.25, 0.3) is 0 Å². The summed E-state index contributed by atoms with van der Waals surface area (Å²) in [5.41, 5.74) is 0. The third kappa shape index (κ3) is 2.33. The van der Waals surface area contributed by atoms with Gasteiger partial charge in [-0.05, 0) is 51.2 Å². The molecule has 0 aromatic rings. The van der Waals surface area contributed by atoms with E-state index >= 15 is 0 Å². The van der Waals surface area contributed by atoms with Gasteiger partial charge in [-0.25, -0.2) is 0 Å². The molecule has 1 saturated carbocycles. The van der Waals surface area contributed by atoms with E-state index < -0.39 is 0 Å². The van der Waals surface area contributed by atoms with Gasteiger partial charge in [0.15, 0.2) is 0 Å². The smallest absolute Gasteiger partial charge is 0.0254 e. The van der Waals surface area contributed by atoms with Crippen LogP contribution >= 0.6 is 0 Å². The SMILES string of the molecule is CC1CN(CC2NCC3CCCC32)CC1N(C)C. The molecule has 104 valence electrons. The zero-order chi connectivity index (χ0) is 12.7. The first-order valence-electron chi connectivity index (χ1n) is 7.77. The maximum atomic E-state index is 3.79. The first-order chi connectivity index (χ1) is 8.65. The van der Waals surface area contributed by atoms with E-state index in [0.29, 0.717) is 0 Å². The van der Waals surface area contributed by atoms with Gasteiger partial charge in [0.1, 0.15) is 0 Å². The molecular formula is C15H29N3. The number of rotatable bonds is 3. The Hall–Kier alpha value is -0.120. The van der Waals surface area contributed by atoms with Crippen molar-refractivity contribution in [2.24, 2.45) is 17.8 Å². The van der Waals surface area contributed by atoms with Crippen molar-refractivity contribution < 1.29 is 0 Å². The molecule has 0 bridgehead atoms. The number of fused-ring (bicyclic) bond motifs is 1. The average Bonchev–Trinajstić information content (AvgIpc) is 2.96. The highest BCUT2D eigenvalue weighted by Crippen LogP contribution is 2.38. The van der Waals surface area contributed by atoms with Gasteiger partial charge in [0, 0.05) is 31.7 Å². The molecule has 2 heterocycles. The lowest BCUT2D eigenvalue weighted by molar-refractivity contribution is 0.234. The lowest BCUT2D eigenvalue weighted by atomic mass is 9.94. The molecule has 2 aliphatic heterocycles. The molecule has 5 atom stereocenters. The van der Waals surface area contributed by atoms with E-state index in [1.54, 1.807) is 0 Å². The van der Waals surface area contributed by atoms with Crippen molar-refractivity contribution in [1.29, 1.82) is 0 Å². The van der Waals surface area contributed by atoms with Gasteiger partial charge in [0.2, 0.25) is 0 Å². The number of likely N-dealkylation sites (tertiary alicyclic amines) is 1. The molecule has 0 amide bonds. The Morgan fingerprint density at radius 3 is 2.78 bits per heavy atom. The summed E-state index contributed by atoms with van der Waals surface area (Å²) in [6.45, 7) is 7.54. The maximum Gasteiger partial charge on any atom is 0.0254 e. The van der Waals surface area contributed by atoms with E-state index in [1.165, 1.54) is 45.4 Å². The van der Waals surface area contributed by atoms with Gasteiger partial charge in [0.25, 0.3) is 0 Å². The topological polar surface area (TPSA) is 18.5 Å². The summed E-state index contributed by atoms with van der Waals surface area (Å²) >= 11 is 0. The average molecular weight is 251 g/mol. The van der Waals surface area contributed by atoms with Crippen LogP contribution in [0.1, 0.15) is 26.2 Å².